The van der Waals surface area contributed by atoms with Crippen LogP contribution in [0.2, 0.25) is 0 Å². The summed E-state index contributed by atoms with van der Waals surface area (Å²) in [6.45, 7) is 2.29. The van der Waals surface area contributed by atoms with Gasteiger partial charge in [0, 0.05) is 37.8 Å². The zero-order valence-corrected chi connectivity index (χ0v) is 15.6. The summed E-state index contributed by atoms with van der Waals surface area (Å²) < 4.78 is 0. The predicted molar refractivity (Wildman–Crippen MR) is 99.3 cm³/mol. The molecular weight excluding hydrogens is 350 g/mol. The lowest BCUT2D eigenvalue weighted by molar-refractivity contribution is -0.145. The maximum absolute atomic E-state index is 12.6. The van der Waals surface area contributed by atoms with Crippen LogP contribution >= 0.6 is 0 Å². The molecule has 2 rings (SSSR count). The molecule has 1 heterocycles. The average Bonchev–Trinajstić information content (AvgIpc) is 2.67. The molecule has 2 N–H and O–H groups in total. The van der Waals surface area contributed by atoms with Crippen LogP contribution in [0, 0.1) is 5.92 Å². The second-order valence-corrected chi connectivity index (χ2v) is 6.66. The van der Waals surface area contributed by atoms with E-state index in [4.69, 9.17) is 5.11 Å². The van der Waals surface area contributed by atoms with Gasteiger partial charge in [0.1, 0.15) is 0 Å². The molecule has 1 saturated heterocycles. The van der Waals surface area contributed by atoms with Crippen molar-refractivity contribution in [1.29, 1.82) is 0 Å². The topological polar surface area (TPSA) is 107 Å². The fourth-order valence-electron chi connectivity index (χ4n) is 2.98. The number of aliphatic carboxylic acids is 1. The lowest BCUT2D eigenvalue weighted by Gasteiger charge is -2.32. The Labute approximate surface area is 158 Å². The van der Waals surface area contributed by atoms with Crippen LogP contribution in [0.5, 0.6) is 0 Å². The van der Waals surface area contributed by atoms with E-state index in [9.17, 15) is 19.2 Å². The molecule has 0 saturated carbocycles. The van der Waals surface area contributed by atoms with Crippen LogP contribution in [0.15, 0.2) is 24.3 Å². The molecule has 1 aliphatic rings. The minimum Gasteiger partial charge on any atom is -0.481 e. The number of anilines is 1. The zero-order valence-electron chi connectivity index (χ0n) is 15.6. The van der Waals surface area contributed by atoms with Crippen molar-refractivity contribution < 1.29 is 24.3 Å². The fourth-order valence-corrected chi connectivity index (χ4v) is 2.98. The Morgan fingerprint density at radius 3 is 2.70 bits per heavy atom. The van der Waals surface area contributed by atoms with Crippen molar-refractivity contribution in [3.05, 3.63) is 29.8 Å². The first kappa shape index (κ1) is 20.4. The number of likely N-dealkylation sites (tertiary alicyclic amines) is 1. The van der Waals surface area contributed by atoms with Gasteiger partial charge >= 0.3 is 5.97 Å². The molecule has 3 amide bonds. The molecule has 8 heteroatoms. The van der Waals surface area contributed by atoms with Crippen LogP contribution in [-0.2, 0) is 14.4 Å². The van der Waals surface area contributed by atoms with E-state index < -0.39 is 11.9 Å². The van der Waals surface area contributed by atoms with E-state index in [-0.39, 0.29) is 30.8 Å². The minimum absolute atomic E-state index is 0.128. The lowest BCUT2D eigenvalue weighted by atomic mass is 9.98. The summed E-state index contributed by atoms with van der Waals surface area (Å²) in [7, 11) is 1.52. The summed E-state index contributed by atoms with van der Waals surface area (Å²) in [6, 6.07) is 6.54. The average molecular weight is 375 g/mol. The third-order valence-electron chi connectivity index (χ3n) is 4.56. The van der Waals surface area contributed by atoms with Gasteiger partial charge in [0.25, 0.3) is 5.91 Å². The monoisotopic (exact) mass is 375 g/mol. The molecular formula is C19H25N3O5. The summed E-state index contributed by atoms with van der Waals surface area (Å²) in [5.41, 5.74) is 0.883. The molecule has 0 bridgehead atoms. The van der Waals surface area contributed by atoms with E-state index in [1.54, 1.807) is 31.2 Å². The number of nitrogens with zero attached hydrogens (tertiary/aromatic N) is 2. The van der Waals surface area contributed by atoms with Crippen molar-refractivity contribution in [2.24, 2.45) is 5.92 Å². The fraction of sp³-hybridized carbons (Fsp3) is 0.474. The van der Waals surface area contributed by atoms with Gasteiger partial charge in [-0.2, -0.15) is 0 Å². The zero-order chi connectivity index (χ0) is 20.0. The van der Waals surface area contributed by atoms with Gasteiger partial charge in [-0.3, -0.25) is 19.2 Å². The molecule has 146 valence electrons. The second kappa shape index (κ2) is 9.16. The Balaban J connectivity index is 1.98. The van der Waals surface area contributed by atoms with Crippen molar-refractivity contribution in [1.82, 2.24) is 9.80 Å². The maximum atomic E-state index is 12.6. The smallest absolute Gasteiger partial charge is 0.308 e. The number of rotatable bonds is 6. The summed E-state index contributed by atoms with van der Waals surface area (Å²) in [4.78, 5) is 50.5. The maximum Gasteiger partial charge on any atom is 0.308 e. The van der Waals surface area contributed by atoms with Gasteiger partial charge in [0.15, 0.2) is 0 Å². The Morgan fingerprint density at radius 1 is 1.30 bits per heavy atom. The van der Waals surface area contributed by atoms with Gasteiger partial charge in [-0.25, -0.2) is 0 Å². The quantitative estimate of drug-likeness (QED) is 0.782. The standard InChI is InChI=1S/C19H25N3O5/c1-3-16(23)20-15-8-4-6-13(10-15)18(25)21(2)12-17(24)22-9-5-7-14(11-22)19(26)27/h4,6,8,10,14H,3,5,7,9,11-12H2,1-2H3,(H,20,23)(H,26,27). The number of carbonyl (C=O) groups is 4. The van der Waals surface area contributed by atoms with Crippen molar-refractivity contribution in [3.8, 4) is 0 Å². The van der Waals surface area contributed by atoms with Gasteiger partial charge in [0.05, 0.1) is 12.5 Å². The molecule has 1 atom stereocenters. The molecule has 27 heavy (non-hydrogen) atoms. The first-order valence-electron chi connectivity index (χ1n) is 8.97. The van der Waals surface area contributed by atoms with Crippen molar-refractivity contribution in [3.63, 3.8) is 0 Å². The van der Waals surface area contributed by atoms with E-state index in [1.165, 1.54) is 16.8 Å². The van der Waals surface area contributed by atoms with Crippen molar-refractivity contribution in [2.45, 2.75) is 26.2 Å². The Hall–Kier alpha value is -2.90. The molecule has 1 aromatic carbocycles. The highest BCUT2D eigenvalue weighted by Crippen LogP contribution is 2.17. The van der Waals surface area contributed by atoms with Crippen LogP contribution in [0.25, 0.3) is 0 Å². The molecule has 1 aliphatic heterocycles. The number of hydrogen-bond donors (Lipinski definition) is 2. The van der Waals surface area contributed by atoms with Gasteiger partial charge in [-0.15, -0.1) is 0 Å². The number of benzene rings is 1. The number of carboxylic acid groups (broad SMARTS) is 1. The molecule has 1 fully saturated rings. The number of likely N-dealkylation sites (N-methyl/N-ethyl adjacent to an activating group) is 1. The Bertz CT molecular complexity index is 734. The highest BCUT2D eigenvalue weighted by molar-refractivity contribution is 5.98. The Kier molecular flexibility index (Phi) is 6.92. The van der Waals surface area contributed by atoms with Crippen LogP contribution in [0.3, 0.4) is 0 Å². The first-order valence-corrected chi connectivity index (χ1v) is 8.97. The highest BCUT2D eigenvalue weighted by Gasteiger charge is 2.29. The number of nitrogens with one attached hydrogen (secondary N) is 1. The van der Waals surface area contributed by atoms with Gasteiger partial charge in [-0.1, -0.05) is 13.0 Å². The highest BCUT2D eigenvalue weighted by atomic mass is 16.4. The van der Waals surface area contributed by atoms with Crippen LogP contribution < -0.4 is 5.32 Å². The van der Waals surface area contributed by atoms with E-state index in [0.717, 1.165) is 0 Å². The number of carboxylic acids is 1. The first-order chi connectivity index (χ1) is 12.8. The van der Waals surface area contributed by atoms with E-state index in [0.29, 0.717) is 37.1 Å². The predicted octanol–water partition coefficient (Wildman–Crippen LogP) is 1.43. The minimum atomic E-state index is -0.900. The van der Waals surface area contributed by atoms with E-state index in [2.05, 4.69) is 5.32 Å². The third kappa shape index (κ3) is 5.54. The largest absolute Gasteiger partial charge is 0.481 e. The number of amides is 3. The SMILES string of the molecule is CCC(=O)Nc1cccc(C(=O)N(C)CC(=O)N2CCCC(C(=O)O)C2)c1. The summed E-state index contributed by atoms with van der Waals surface area (Å²) >= 11 is 0. The van der Waals surface area contributed by atoms with E-state index >= 15 is 0 Å². The summed E-state index contributed by atoms with van der Waals surface area (Å²) in [5, 5.41) is 11.8. The lowest BCUT2D eigenvalue weighted by Crippen LogP contribution is -2.46. The van der Waals surface area contributed by atoms with Crippen LogP contribution in [0.1, 0.15) is 36.5 Å². The summed E-state index contributed by atoms with van der Waals surface area (Å²) in [6.07, 6.45) is 1.53. The van der Waals surface area contributed by atoms with Crippen molar-refractivity contribution >= 4 is 29.4 Å². The van der Waals surface area contributed by atoms with Crippen LogP contribution in [0.4, 0.5) is 5.69 Å². The van der Waals surface area contributed by atoms with Gasteiger partial charge < -0.3 is 20.2 Å². The second-order valence-electron chi connectivity index (χ2n) is 6.66. The Morgan fingerprint density at radius 2 is 2.04 bits per heavy atom. The molecule has 0 spiro atoms. The number of carbonyl (C=O) groups excluding carboxylic acids is 3. The van der Waals surface area contributed by atoms with E-state index in [1.807, 2.05) is 0 Å². The van der Waals surface area contributed by atoms with Gasteiger partial charge in [0.2, 0.25) is 11.8 Å². The molecule has 8 nitrogen and oxygen atoms in total. The summed E-state index contributed by atoms with van der Waals surface area (Å²) in [5.74, 6) is -2.22. The molecule has 0 radical (unpaired) electrons. The van der Waals surface area contributed by atoms with Crippen molar-refractivity contribution in [2.75, 3.05) is 32.0 Å². The number of piperidine rings is 1. The molecule has 1 unspecified atom stereocenters. The third-order valence-corrected chi connectivity index (χ3v) is 4.56. The van der Waals surface area contributed by atoms with Crippen LogP contribution in [-0.4, -0.2) is 65.3 Å². The molecule has 0 aliphatic carbocycles. The normalized spacial score (nSPS) is 16.5. The molecule has 1 aromatic rings. The molecule has 0 aromatic heterocycles. The van der Waals surface area contributed by atoms with Gasteiger partial charge in [-0.05, 0) is 31.0 Å². The number of hydrogen-bond acceptors (Lipinski definition) is 4.